The van der Waals surface area contributed by atoms with E-state index >= 15 is 0 Å². The SMILES string of the molecule is [2H]C1([2H])CC2(CCCCC2)CC([2H])([2H])C1(O)c1ccccc1-c1ccc(Cl)cc1. The first-order valence-corrected chi connectivity index (χ1v) is 9.56. The maximum absolute atomic E-state index is 11.8. The van der Waals surface area contributed by atoms with Gasteiger partial charge in [-0.05, 0) is 72.7 Å². The molecule has 0 atom stereocenters. The normalized spacial score (nSPS) is 28.4. The van der Waals surface area contributed by atoms with Crippen LogP contribution in [0.2, 0.25) is 5.02 Å². The lowest BCUT2D eigenvalue weighted by molar-refractivity contribution is -0.0485. The van der Waals surface area contributed by atoms with Crippen LogP contribution in [0.4, 0.5) is 0 Å². The van der Waals surface area contributed by atoms with E-state index < -0.39 is 18.3 Å². The molecule has 0 aromatic heterocycles. The Bertz CT molecular complexity index is 868. The lowest BCUT2D eigenvalue weighted by Gasteiger charge is -2.47. The number of halogens is 1. The summed E-state index contributed by atoms with van der Waals surface area (Å²) in [6.45, 7) is 0. The Balaban J connectivity index is 1.85. The summed E-state index contributed by atoms with van der Waals surface area (Å²) in [6.07, 6.45) is 0.996. The molecular formula is C23H27ClO. The van der Waals surface area contributed by atoms with Crippen molar-refractivity contribution in [3.8, 4) is 11.1 Å². The largest absolute Gasteiger partial charge is 0.385 e. The first-order valence-electron chi connectivity index (χ1n) is 11.2. The Labute approximate surface area is 161 Å². The average Bonchev–Trinajstić information content (AvgIpc) is 2.66. The molecule has 0 bridgehead atoms. The minimum Gasteiger partial charge on any atom is -0.385 e. The molecule has 2 aliphatic rings. The van der Waals surface area contributed by atoms with Gasteiger partial charge >= 0.3 is 0 Å². The van der Waals surface area contributed by atoms with Gasteiger partial charge in [0.15, 0.2) is 0 Å². The Kier molecular flexibility index (Phi) is 3.51. The van der Waals surface area contributed by atoms with Crippen LogP contribution in [0.15, 0.2) is 48.5 Å². The highest BCUT2D eigenvalue weighted by atomic mass is 35.5. The van der Waals surface area contributed by atoms with Crippen LogP contribution >= 0.6 is 11.6 Å². The van der Waals surface area contributed by atoms with Crippen molar-refractivity contribution in [2.45, 2.75) is 63.3 Å². The molecule has 0 amide bonds. The molecule has 2 aromatic carbocycles. The first-order chi connectivity index (χ1) is 13.6. The van der Waals surface area contributed by atoms with Gasteiger partial charge in [-0.2, -0.15) is 0 Å². The van der Waals surface area contributed by atoms with Crippen molar-refractivity contribution in [3.05, 3.63) is 59.1 Å². The van der Waals surface area contributed by atoms with Crippen LogP contribution in [0.1, 0.15) is 68.7 Å². The minimum absolute atomic E-state index is 0.185. The Morgan fingerprint density at radius 1 is 0.840 bits per heavy atom. The van der Waals surface area contributed by atoms with Crippen molar-refractivity contribution < 1.29 is 10.6 Å². The lowest BCUT2D eigenvalue weighted by Crippen LogP contribution is -2.38. The third-order valence-corrected chi connectivity index (χ3v) is 6.08. The van der Waals surface area contributed by atoms with E-state index in [0.29, 0.717) is 16.1 Å². The van der Waals surface area contributed by atoms with Gasteiger partial charge in [-0.1, -0.05) is 67.3 Å². The van der Waals surface area contributed by atoms with Gasteiger partial charge in [-0.25, -0.2) is 0 Å². The molecule has 0 heterocycles. The van der Waals surface area contributed by atoms with E-state index in [-0.39, 0.29) is 18.3 Å². The lowest BCUT2D eigenvalue weighted by atomic mass is 9.61. The molecule has 0 radical (unpaired) electrons. The molecule has 1 N–H and O–H groups in total. The van der Waals surface area contributed by atoms with E-state index in [9.17, 15) is 5.11 Å². The summed E-state index contributed by atoms with van der Waals surface area (Å²) in [4.78, 5) is 0. The highest BCUT2D eigenvalue weighted by Gasteiger charge is 2.43. The van der Waals surface area contributed by atoms with Gasteiger partial charge in [-0.3, -0.25) is 0 Å². The van der Waals surface area contributed by atoms with E-state index in [1.54, 1.807) is 24.3 Å². The first kappa shape index (κ1) is 12.9. The summed E-state index contributed by atoms with van der Waals surface area (Å²) in [5.74, 6) is 0. The molecule has 2 aromatic rings. The van der Waals surface area contributed by atoms with Crippen LogP contribution in [0.3, 0.4) is 0 Å². The Hall–Kier alpha value is -1.31. The molecule has 1 spiro atoms. The topological polar surface area (TPSA) is 20.2 Å². The second-order valence-corrected chi connectivity index (χ2v) is 7.97. The second kappa shape index (κ2) is 6.78. The number of hydrogen-bond acceptors (Lipinski definition) is 1. The smallest absolute Gasteiger partial charge is 0.0903 e. The summed E-state index contributed by atoms with van der Waals surface area (Å²) < 4.78 is 35.5. The van der Waals surface area contributed by atoms with Crippen molar-refractivity contribution in [1.82, 2.24) is 0 Å². The molecule has 2 fully saturated rings. The predicted molar refractivity (Wildman–Crippen MR) is 105 cm³/mol. The van der Waals surface area contributed by atoms with Crippen LogP contribution in [-0.2, 0) is 5.60 Å². The fraction of sp³-hybridized carbons (Fsp3) is 0.478. The summed E-state index contributed by atoms with van der Waals surface area (Å²) in [7, 11) is 0. The van der Waals surface area contributed by atoms with E-state index in [4.69, 9.17) is 17.1 Å². The quantitative estimate of drug-likeness (QED) is 0.631. The monoisotopic (exact) mass is 358 g/mol. The summed E-state index contributed by atoms with van der Waals surface area (Å²) in [5.41, 5.74) is -0.879. The summed E-state index contributed by atoms with van der Waals surface area (Å²) in [6, 6.07) is 14.2. The third kappa shape index (κ3) is 3.37. The molecule has 132 valence electrons. The van der Waals surface area contributed by atoms with Gasteiger partial charge in [0.2, 0.25) is 0 Å². The molecule has 0 saturated heterocycles. The highest BCUT2D eigenvalue weighted by molar-refractivity contribution is 6.30. The summed E-state index contributed by atoms with van der Waals surface area (Å²) in [5, 5.41) is 12.4. The standard InChI is InChI=1S/C23H27ClO/c24-19-10-8-18(9-11-19)20-6-2-3-7-21(20)23(25)16-14-22(15-17-23)12-4-1-5-13-22/h2-3,6-11,25H,1,4-5,12-17H2/i16D2,17D2. The molecule has 25 heavy (non-hydrogen) atoms. The van der Waals surface area contributed by atoms with Gasteiger partial charge in [0, 0.05) is 10.5 Å². The van der Waals surface area contributed by atoms with Gasteiger partial charge < -0.3 is 5.11 Å². The molecular weight excluding hydrogens is 328 g/mol. The Morgan fingerprint density at radius 2 is 1.48 bits per heavy atom. The number of rotatable bonds is 2. The maximum atomic E-state index is 11.8. The number of benzene rings is 2. The zero-order valence-electron chi connectivity index (χ0n) is 18.4. The van der Waals surface area contributed by atoms with Crippen molar-refractivity contribution in [2.75, 3.05) is 0 Å². The predicted octanol–water partition coefficient (Wildman–Crippen LogP) is 6.72. The van der Waals surface area contributed by atoms with Crippen LogP contribution < -0.4 is 0 Å². The maximum Gasteiger partial charge on any atom is 0.0903 e. The van der Waals surface area contributed by atoms with Crippen LogP contribution in [0.25, 0.3) is 11.1 Å². The highest BCUT2D eigenvalue weighted by Crippen LogP contribution is 2.53. The molecule has 4 rings (SSSR count). The van der Waals surface area contributed by atoms with E-state index in [1.807, 2.05) is 24.3 Å². The van der Waals surface area contributed by atoms with Gasteiger partial charge in [0.25, 0.3) is 0 Å². The van der Waals surface area contributed by atoms with Crippen molar-refractivity contribution in [2.24, 2.45) is 5.41 Å². The van der Waals surface area contributed by atoms with Crippen LogP contribution in [-0.4, -0.2) is 5.11 Å². The van der Waals surface area contributed by atoms with Gasteiger partial charge in [0.1, 0.15) is 0 Å². The number of aliphatic hydroxyl groups is 1. The van der Waals surface area contributed by atoms with E-state index in [2.05, 4.69) is 0 Å². The summed E-state index contributed by atoms with van der Waals surface area (Å²) >= 11 is 6.02. The minimum atomic E-state index is -2.24. The molecule has 2 aliphatic carbocycles. The molecule has 0 aliphatic heterocycles. The van der Waals surface area contributed by atoms with Crippen molar-refractivity contribution >= 4 is 11.6 Å². The fourth-order valence-corrected chi connectivity index (χ4v) is 4.41. The zero-order valence-corrected chi connectivity index (χ0v) is 15.1. The second-order valence-electron chi connectivity index (χ2n) is 7.53. The zero-order chi connectivity index (χ0) is 20.9. The molecule has 2 heteroatoms. The third-order valence-electron chi connectivity index (χ3n) is 5.82. The number of hydrogen-bond donors (Lipinski definition) is 1. The van der Waals surface area contributed by atoms with Crippen molar-refractivity contribution in [3.63, 3.8) is 0 Å². The fourth-order valence-electron chi connectivity index (χ4n) is 4.28. The molecule has 0 unspecified atom stereocenters. The molecule has 2 saturated carbocycles. The van der Waals surface area contributed by atoms with Gasteiger partial charge in [-0.15, -0.1) is 0 Å². The van der Waals surface area contributed by atoms with E-state index in [0.717, 1.165) is 37.7 Å². The Morgan fingerprint density at radius 3 is 2.16 bits per heavy atom. The van der Waals surface area contributed by atoms with E-state index in [1.165, 1.54) is 0 Å². The average molecular weight is 359 g/mol. The van der Waals surface area contributed by atoms with Crippen LogP contribution in [0.5, 0.6) is 0 Å². The van der Waals surface area contributed by atoms with Crippen LogP contribution in [0, 0.1) is 5.41 Å². The van der Waals surface area contributed by atoms with Crippen molar-refractivity contribution in [1.29, 1.82) is 0 Å². The van der Waals surface area contributed by atoms with Gasteiger partial charge in [0.05, 0.1) is 5.60 Å². The molecule has 1 nitrogen and oxygen atoms in total.